The molecule has 0 saturated heterocycles. The molecule has 0 aliphatic heterocycles. The Balaban J connectivity index is 2.37. The molecule has 1 aliphatic carbocycles. The van der Waals surface area contributed by atoms with Crippen LogP contribution >= 0.6 is 0 Å². The second kappa shape index (κ2) is 3.83. The summed E-state index contributed by atoms with van der Waals surface area (Å²) in [5.41, 5.74) is 4.25. The van der Waals surface area contributed by atoms with Gasteiger partial charge in [0.25, 0.3) is 0 Å². The lowest BCUT2D eigenvalue weighted by molar-refractivity contribution is 0.710. The molecule has 72 valence electrons. The Bertz CT molecular complexity index is 368. The summed E-state index contributed by atoms with van der Waals surface area (Å²) in [6.07, 6.45) is 5.76. The van der Waals surface area contributed by atoms with Crippen LogP contribution in [0.5, 0.6) is 0 Å². The third-order valence-corrected chi connectivity index (χ3v) is 2.76. The van der Waals surface area contributed by atoms with Gasteiger partial charge >= 0.3 is 0 Å². The van der Waals surface area contributed by atoms with Gasteiger partial charge in [0.1, 0.15) is 0 Å². The summed E-state index contributed by atoms with van der Waals surface area (Å²) in [6.45, 7) is 4.50. The molecule has 1 aromatic carbocycles. The normalized spacial score (nSPS) is 21.4. The smallest absolute Gasteiger partial charge is 0.0185 e. The fourth-order valence-corrected chi connectivity index (χ4v) is 2.02. The van der Waals surface area contributed by atoms with Crippen LogP contribution in [0.3, 0.4) is 0 Å². The zero-order valence-corrected chi connectivity index (χ0v) is 8.83. The molecule has 0 heterocycles. The molecule has 0 amide bonds. The van der Waals surface area contributed by atoms with E-state index in [1.165, 1.54) is 23.1 Å². The molecule has 0 spiro atoms. The minimum Gasteiger partial charge on any atom is -0.0808 e. The fraction of sp³-hybridized carbons (Fsp3) is 0.286. The molecule has 1 atom stereocenters. The van der Waals surface area contributed by atoms with Crippen LogP contribution in [0.25, 0.3) is 5.57 Å². The highest BCUT2D eigenvalue weighted by atomic mass is 14.1. The van der Waals surface area contributed by atoms with Crippen molar-refractivity contribution in [2.24, 2.45) is 5.92 Å². The topological polar surface area (TPSA) is 0 Å². The summed E-state index contributed by atoms with van der Waals surface area (Å²) < 4.78 is 0. The van der Waals surface area contributed by atoms with E-state index in [0.717, 1.165) is 0 Å². The van der Waals surface area contributed by atoms with E-state index in [4.69, 9.17) is 0 Å². The van der Waals surface area contributed by atoms with Gasteiger partial charge in [-0.1, -0.05) is 55.0 Å². The standard InChI is InChI=1S/C14H16/c1-11-8-9-14(12(2)10-11)13-6-4-3-5-7-13/h3-9,11H,10H2,1-2H3. The maximum Gasteiger partial charge on any atom is -0.0185 e. The lowest BCUT2D eigenvalue weighted by atomic mass is 9.88. The second-order valence-corrected chi connectivity index (χ2v) is 4.10. The van der Waals surface area contributed by atoms with Crippen LogP contribution in [0.2, 0.25) is 0 Å². The predicted molar refractivity (Wildman–Crippen MR) is 62.0 cm³/mol. The van der Waals surface area contributed by atoms with Crippen molar-refractivity contribution in [3.05, 3.63) is 53.6 Å². The molecular weight excluding hydrogens is 168 g/mol. The molecule has 0 nitrogen and oxygen atoms in total. The number of hydrogen-bond acceptors (Lipinski definition) is 0. The van der Waals surface area contributed by atoms with Gasteiger partial charge in [-0.05, 0) is 30.4 Å². The average Bonchev–Trinajstić information content (AvgIpc) is 2.19. The van der Waals surface area contributed by atoms with Crippen LogP contribution in [-0.4, -0.2) is 0 Å². The maximum absolute atomic E-state index is 2.30. The van der Waals surface area contributed by atoms with E-state index in [-0.39, 0.29) is 0 Å². The minimum absolute atomic E-state index is 0.697. The Morgan fingerprint density at radius 3 is 2.50 bits per heavy atom. The van der Waals surface area contributed by atoms with Crippen LogP contribution in [0, 0.1) is 5.92 Å². The Morgan fingerprint density at radius 1 is 1.14 bits per heavy atom. The molecule has 1 aliphatic rings. The monoisotopic (exact) mass is 184 g/mol. The minimum atomic E-state index is 0.697. The van der Waals surface area contributed by atoms with Crippen LogP contribution in [0.15, 0.2) is 48.1 Å². The van der Waals surface area contributed by atoms with Crippen molar-refractivity contribution in [1.82, 2.24) is 0 Å². The van der Waals surface area contributed by atoms with Crippen molar-refractivity contribution >= 4 is 5.57 Å². The highest BCUT2D eigenvalue weighted by molar-refractivity contribution is 5.77. The highest BCUT2D eigenvalue weighted by Crippen LogP contribution is 2.29. The largest absolute Gasteiger partial charge is 0.0808 e. The zero-order chi connectivity index (χ0) is 9.97. The van der Waals surface area contributed by atoms with E-state index >= 15 is 0 Å². The first-order valence-electron chi connectivity index (χ1n) is 5.21. The van der Waals surface area contributed by atoms with Gasteiger partial charge in [-0.2, -0.15) is 0 Å². The summed E-state index contributed by atoms with van der Waals surface area (Å²) in [5.74, 6) is 0.697. The maximum atomic E-state index is 2.30. The highest BCUT2D eigenvalue weighted by Gasteiger charge is 2.10. The summed E-state index contributed by atoms with van der Waals surface area (Å²) >= 11 is 0. The van der Waals surface area contributed by atoms with Gasteiger partial charge in [-0.15, -0.1) is 0 Å². The SMILES string of the molecule is CC1=C(c2ccccc2)C=CC(C)C1. The van der Waals surface area contributed by atoms with Gasteiger partial charge in [0.15, 0.2) is 0 Å². The Hall–Kier alpha value is -1.30. The van der Waals surface area contributed by atoms with Gasteiger partial charge in [0.05, 0.1) is 0 Å². The van der Waals surface area contributed by atoms with Crippen molar-refractivity contribution in [2.75, 3.05) is 0 Å². The quantitative estimate of drug-likeness (QED) is 0.617. The van der Waals surface area contributed by atoms with Gasteiger partial charge in [0.2, 0.25) is 0 Å². The van der Waals surface area contributed by atoms with Crippen molar-refractivity contribution in [2.45, 2.75) is 20.3 Å². The lowest BCUT2D eigenvalue weighted by Crippen LogP contribution is -1.99. The Morgan fingerprint density at radius 2 is 1.86 bits per heavy atom. The molecule has 0 radical (unpaired) electrons. The average molecular weight is 184 g/mol. The van der Waals surface area contributed by atoms with E-state index < -0.39 is 0 Å². The van der Waals surface area contributed by atoms with Gasteiger partial charge < -0.3 is 0 Å². The Kier molecular flexibility index (Phi) is 2.53. The number of benzene rings is 1. The molecule has 0 N–H and O–H groups in total. The molecule has 0 fully saturated rings. The summed E-state index contributed by atoms with van der Waals surface area (Å²) in [4.78, 5) is 0. The Labute approximate surface area is 86.0 Å². The van der Waals surface area contributed by atoms with E-state index in [0.29, 0.717) is 5.92 Å². The number of allylic oxidation sites excluding steroid dienone is 4. The first-order valence-corrected chi connectivity index (χ1v) is 5.21. The third-order valence-electron chi connectivity index (χ3n) is 2.76. The van der Waals surface area contributed by atoms with Crippen LogP contribution < -0.4 is 0 Å². The fourth-order valence-electron chi connectivity index (χ4n) is 2.02. The molecule has 1 unspecified atom stereocenters. The molecule has 0 bridgehead atoms. The van der Waals surface area contributed by atoms with E-state index in [9.17, 15) is 0 Å². The first-order chi connectivity index (χ1) is 6.77. The molecule has 0 aromatic heterocycles. The third kappa shape index (κ3) is 1.79. The molecule has 1 aromatic rings. The number of rotatable bonds is 1. The summed E-state index contributed by atoms with van der Waals surface area (Å²) in [6, 6.07) is 10.6. The molecule has 0 heteroatoms. The summed E-state index contributed by atoms with van der Waals surface area (Å²) in [5, 5.41) is 0. The van der Waals surface area contributed by atoms with Gasteiger partial charge in [0, 0.05) is 0 Å². The molecular formula is C14H16. The van der Waals surface area contributed by atoms with Crippen molar-refractivity contribution in [1.29, 1.82) is 0 Å². The molecule has 14 heavy (non-hydrogen) atoms. The summed E-state index contributed by atoms with van der Waals surface area (Å²) in [7, 11) is 0. The van der Waals surface area contributed by atoms with Crippen LogP contribution in [0.1, 0.15) is 25.8 Å². The van der Waals surface area contributed by atoms with E-state index in [1.807, 2.05) is 0 Å². The number of hydrogen-bond donors (Lipinski definition) is 0. The zero-order valence-electron chi connectivity index (χ0n) is 8.83. The van der Waals surface area contributed by atoms with Crippen molar-refractivity contribution in [3.8, 4) is 0 Å². The van der Waals surface area contributed by atoms with Crippen molar-refractivity contribution in [3.63, 3.8) is 0 Å². The van der Waals surface area contributed by atoms with Crippen molar-refractivity contribution < 1.29 is 0 Å². The van der Waals surface area contributed by atoms with Gasteiger partial charge in [-0.25, -0.2) is 0 Å². The second-order valence-electron chi connectivity index (χ2n) is 4.10. The molecule has 0 saturated carbocycles. The lowest BCUT2D eigenvalue weighted by Gasteiger charge is -2.17. The molecule has 2 rings (SSSR count). The van der Waals surface area contributed by atoms with Crippen LogP contribution in [-0.2, 0) is 0 Å². The van der Waals surface area contributed by atoms with E-state index in [2.05, 4.69) is 56.3 Å². The first kappa shape index (κ1) is 9.26. The predicted octanol–water partition coefficient (Wildman–Crippen LogP) is 4.06. The van der Waals surface area contributed by atoms with Crippen LogP contribution in [0.4, 0.5) is 0 Å². The van der Waals surface area contributed by atoms with Gasteiger partial charge in [-0.3, -0.25) is 0 Å². The van der Waals surface area contributed by atoms with E-state index in [1.54, 1.807) is 0 Å².